The van der Waals surface area contributed by atoms with E-state index >= 15 is 0 Å². The predicted octanol–water partition coefficient (Wildman–Crippen LogP) is 6.06. The first-order valence-corrected chi connectivity index (χ1v) is 12.9. The van der Waals surface area contributed by atoms with Crippen molar-refractivity contribution >= 4 is 23.7 Å². The number of halogens is 6. The van der Waals surface area contributed by atoms with Gasteiger partial charge >= 0.3 is 30.3 Å². The highest BCUT2D eigenvalue weighted by Gasteiger charge is 2.38. The van der Waals surface area contributed by atoms with Gasteiger partial charge in [-0.25, -0.2) is 14.4 Å². The molecule has 6 N–H and O–H groups in total. The number of nitrogens with two attached hydrogens (primary N) is 1. The largest absolute Gasteiger partial charge is 0.490 e. The minimum Gasteiger partial charge on any atom is -0.475 e. The number of nitrogens with one attached hydrogen (secondary N) is 2. The highest BCUT2D eigenvalue weighted by molar-refractivity contribution is 5.99. The van der Waals surface area contributed by atoms with Crippen LogP contribution in [-0.2, 0) is 20.7 Å². The van der Waals surface area contributed by atoms with Gasteiger partial charge in [0.1, 0.15) is 5.84 Å². The maximum absolute atomic E-state index is 12.9. The zero-order chi connectivity index (χ0) is 34.7. The number of pyridine rings is 1. The number of hydrogen-bond acceptors (Lipinski definition) is 6. The molecule has 4 aromatic rings. The molecule has 4 rings (SSSR count). The van der Waals surface area contributed by atoms with Gasteiger partial charge in [0.05, 0.1) is 12.2 Å². The van der Waals surface area contributed by atoms with Crippen LogP contribution in [0.4, 0.5) is 26.3 Å². The van der Waals surface area contributed by atoms with Gasteiger partial charge in [0, 0.05) is 41.8 Å². The van der Waals surface area contributed by atoms with Crippen molar-refractivity contribution in [2.45, 2.75) is 25.7 Å². The molecule has 0 aliphatic rings. The molecule has 0 fully saturated rings. The van der Waals surface area contributed by atoms with Crippen LogP contribution >= 0.6 is 0 Å². The van der Waals surface area contributed by atoms with Crippen molar-refractivity contribution in [1.29, 1.82) is 5.41 Å². The van der Waals surface area contributed by atoms with E-state index in [4.69, 9.17) is 35.7 Å². The summed E-state index contributed by atoms with van der Waals surface area (Å²) < 4.78 is 68.8. The van der Waals surface area contributed by atoms with E-state index in [9.17, 15) is 31.1 Å². The summed E-state index contributed by atoms with van der Waals surface area (Å²) in [6.45, 7) is 2.09. The van der Waals surface area contributed by atoms with Gasteiger partial charge in [0.2, 0.25) is 0 Å². The zero-order valence-electron chi connectivity index (χ0n) is 23.7. The van der Waals surface area contributed by atoms with Crippen LogP contribution in [0.15, 0.2) is 79.3 Å². The van der Waals surface area contributed by atoms with Gasteiger partial charge in [-0.3, -0.25) is 10.4 Å². The van der Waals surface area contributed by atoms with Crippen LogP contribution < -0.4 is 5.73 Å². The molecular weight excluding hydrogens is 626 g/mol. The molecule has 0 unspecified atom stereocenters. The fourth-order valence-electron chi connectivity index (χ4n) is 3.70. The summed E-state index contributed by atoms with van der Waals surface area (Å²) in [5.41, 5.74) is 12.3. The molecule has 2 heterocycles. The Morgan fingerprint density at radius 2 is 1.46 bits per heavy atom. The molecule has 0 aliphatic carbocycles. The predicted molar refractivity (Wildman–Crippen MR) is 153 cm³/mol. The molecule has 0 bridgehead atoms. The zero-order valence-corrected chi connectivity index (χ0v) is 23.7. The smallest absolute Gasteiger partial charge is 0.475 e. The van der Waals surface area contributed by atoms with Gasteiger partial charge in [-0.1, -0.05) is 48.5 Å². The topological polar surface area (TPSA) is 179 Å². The average molecular weight is 653 g/mol. The quantitative estimate of drug-likeness (QED) is 0.0692. The molecule has 0 atom stereocenters. The Balaban J connectivity index is 0.000000440. The van der Waals surface area contributed by atoms with Crippen LogP contribution in [0.2, 0.25) is 0 Å². The van der Waals surface area contributed by atoms with E-state index < -0.39 is 24.3 Å². The number of ether oxygens (including phenoxy) is 1. The van der Waals surface area contributed by atoms with E-state index in [-0.39, 0.29) is 11.8 Å². The SMILES string of the molecule is CCOC(=O)c1c(-c2ccc(-c3cccnc3)cc2)c[nH]c1Cc1cccc(C(=N)N)c1.O=C(O)C(F)(F)F.O=C(O)C(F)(F)F. The van der Waals surface area contributed by atoms with Crippen LogP contribution in [0.1, 0.15) is 34.1 Å². The second-order valence-electron chi connectivity index (χ2n) is 8.99. The lowest BCUT2D eigenvalue weighted by atomic mass is 9.97. The van der Waals surface area contributed by atoms with E-state index in [0.717, 1.165) is 33.5 Å². The molecule has 2 aromatic heterocycles. The maximum Gasteiger partial charge on any atom is 0.490 e. The van der Waals surface area contributed by atoms with Crippen LogP contribution in [0, 0.1) is 5.41 Å². The number of aromatic amines is 1. The van der Waals surface area contributed by atoms with Crippen LogP contribution in [0.25, 0.3) is 22.3 Å². The molecule has 0 saturated heterocycles. The number of rotatable bonds is 7. The Labute approximate surface area is 257 Å². The Morgan fingerprint density at radius 3 is 1.93 bits per heavy atom. The van der Waals surface area contributed by atoms with E-state index in [1.54, 1.807) is 19.2 Å². The van der Waals surface area contributed by atoms with Crippen molar-refractivity contribution in [1.82, 2.24) is 9.97 Å². The number of nitrogens with zero attached hydrogens (tertiary/aromatic N) is 1. The lowest BCUT2D eigenvalue weighted by Gasteiger charge is -2.09. The molecule has 46 heavy (non-hydrogen) atoms. The molecule has 0 aliphatic heterocycles. The van der Waals surface area contributed by atoms with E-state index in [1.165, 1.54) is 0 Å². The molecule has 2 aromatic carbocycles. The Kier molecular flexibility index (Phi) is 12.6. The summed E-state index contributed by atoms with van der Waals surface area (Å²) in [5, 5.41) is 21.9. The van der Waals surface area contributed by atoms with Crippen molar-refractivity contribution in [3.8, 4) is 22.3 Å². The number of carbonyl (C=O) groups is 3. The van der Waals surface area contributed by atoms with E-state index in [2.05, 4.69) is 9.97 Å². The molecule has 0 saturated carbocycles. The van der Waals surface area contributed by atoms with Crippen molar-refractivity contribution in [2.24, 2.45) is 5.73 Å². The first kappa shape index (κ1) is 36.5. The number of carboxylic acids is 2. The van der Waals surface area contributed by atoms with Crippen molar-refractivity contribution in [2.75, 3.05) is 6.61 Å². The Bertz CT molecular complexity index is 1630. The number of esters is 1. The lowest BCUT2D eigenvalue weighted by Crippen LogP contribution is -2.21. The molecule has 0 spiro atoms. The van der Waals surface area contributed by atoms with Gasteiger partial charge in [0.15, 0.2) is 0 Å². The summed E-state index contributed by atoms with van der Waals surface area (Å²) >= 11 is 0. The van der Waals surface area contributed by atoms with Crippen LogP contribution in [-0.4, -0.2) is 62.9 Å². The van der Waals surface area contributed by atoms with Gasteiger partial charge < -0.3 is 25.7 Å². The summed E-state index contributed by atoms with van der Waals surface area (Å²) in [4.78, 5) is 38.1. The highest BCUT2D eigenvalue weighted by atomic mass is 19.4. The first-order valence-electron chi connectivity index (χ1n) is 12.9. The summed E-state index contributed by atoms with van der Waals surface area (Å²) in [7, 11) is 0. The first-order chi connectivity index (χ1) is 21.4. The maximum atomic E-state index is 12.9. The van der Waals surface area contributed by atoms with Crippen molar-refractivity contribution in [3.63, 3.8) is 0 Å². The number of nitrogen functional groups attached to an aromatic ring is 1. The Hall–Kier alpha value is -5.67. The average Bonchev–Trinajstić information content (AvgIpc) is 3.41. The van der Waals surface area contributed by atoms with Crippen LogP contribution in [0.5, 0.6) is 0 Å². The molecule has 244 valence electrons. The molecule has 0 radical (unpaired) electrons. The van der Waals surface area contributed by atoms with Crippen LogP contribution in [0.3, 0.4) is 0 Å². The van der Waals surface area contributed by atoms with Crippen molar-refractivity contribution in [3.05, 3.63) is 102 Å². The summed E-state index contributed by atoms with van der Waals surface area (Å²) in [6.07, 6.45) is -4.27. The summed E-state index contributed by atoms with van der Waals surface area (Å²) in [5.74, 6) is -5.86. The third-order valence-corrected chi connectivity index (χ3v) is 5.74. The van der Waals surface area contributed by atoms with Gasteiger partial charge in [-0.05, 0) is 41.3 Å². The number of alkyl halides is 6. The summed E-state index contributed by atoms with van der Waals surface area (Å²) in [6, 6.07) is 19.4. The van der Waals surface area contributed by atoms with E-state index in [0.29, 0.717) is 24.2 Å². The number of amidine groups is 1. The normalized spacial score (nSPS) is 10.8. The number of H-pyrrole nitrogens is 1. The number of aromatic nitrogens is 2. The molecule has 0 amide bonds. The fourth-order valence-corrected chi connectivity index (χ4v) is 3.70. The number of benzene rings is 2. The number of hydrogen-bond donors (Lipinski definition) is 5. The number of aliphatic carboxylic acids is 2. The van der Waals surface area contributed by atoms with Crippen molar-refractivity contribution < 1.29 is 55.7 Å². The molecule has 16 heteroatoms. The number of carbonyl (C=O) groups excluding carboxylic acids is 1. The number of carboxylic acid groups (broad SMARTS) is 2. The fraction of sp³-hybridized carbons (Fsp3) is 0.167. The minimum atomic E-state index is -5.08. The Morgan fingerprint density at radius 1 is 0.891 bits per heavy atom. The highest BCUT2D eigenvalue weighted by Crippen LogP contribution is 2.30. The third-order valence-electron chi connectivity index (χ3n) is 5.74. The van der Waals surface area contributed by atoms with Gasteiger partial charge in [0.25, 0.3) is 0 Å². The lowest BCUT2D eigenvalue weighted by molar-refractivity contribution is -0.193. The minimum absolute atomic E-state index is 0.0124. The second kappa shape index (κ2) is 15.9. The standard InChI is InChI=1S/C26H24N4O2.2C2HF3O2/c1-2-32-26(31)24-22(19-10-8-18(9-11-19)21-7-4-12-29-15-21)16-30-23(24)14-17-5-3-6-20(13-17)25(27)28;2*3-2(4,5)1(6)7/h3-13,15-16,30H,2,14H2,1H3,(H3,27,28);2*(H,6,7). The van der Waals surface area contributed by atoms with Gasteiger partial charge in [-0.2, -0.15) is 26.3 Å². The second-order valence-corrected chi connectivity index (χ2v) is 8.99. The third kappa shape index (κ3) is 10.8. The monoisotopic (exact) mass is 652 g/mol. The molecular formula is C30H26F6N4O6. The van der Waals surface area contributed by atoms with Gasteiger partial charge in [-0.15, -0.1) is 0 Å². The van der Waals surface area contributed by atoms with E-state index in [1.807, 2.05) is 67.0 Å². The molecule has 10 nitrogen and oxygen atoms in total.